The number of ether oxygens (including phenoxy) is 1. The second kappa shape index (κ2) is 9.91. The Bertz CT molecular complexity index is 1390. The van der Waals surface area contributed by atoms with Crippen molar-refractivity contribution in [1.82, 2.24) is 15.6 Å². The van der Waals surface area contributed by atoms with Crippen LogP contribution in [0.1, 0.15) is 29.8 Å². The molecule has 0 radical (unpaired) electrons. The van der Waals surface area contributed by atoms with Gasteiger partial charge in [0.2, 0.25) is 0 Å². The van der Waals surface area contributed by atoms with Crippen molar-refractivity contribution in [2.24, 2.45) is 0 Å². The Hall–Kier alpha value is -3.82. The molecule has 3 aromatic rings. The minimum atomic E-state index is -0.969. The molecule has 0 aliphatic heterocycles. The van der Waals surface area contributed by atoms with Gasteiger partial charge in [-0.1, -0.05) is 29.8 Å². The van der Waals surface area contributed by atoms with E-state index in [2.05, 4.69) is 15.6 Å². The number of amides is 2. The molecule has 37 heavy (non-hydrogen) atoms. The number of nitrogens with one attached hydrogen (secondary N) is 2. The van der Waals surface area contributed by atoms with Gasteiger partial charge in [-0.3, -0.25) is 14.6 Å². The van der Waals surface area contributed by atoms with Crippen LogP contribution in [-0.4, -0.2) is 40.2 Å². The molecule has 0 spiro atoms. The van der Waals surface area contributed by atoms with Gasteiger partial charge in [-0.15, -0.1) is 0 Å². The molecule has 3 aliphatic carbocycles. The van der Waals surface area contributed by atoms with Crippen molar-refractivity contribution >= 4 is 23.4 Å². The number of carbonyl (C=O) groups is 2. The zero-order chi connectivity index (χ0) is 26.2. The lowest BCUT2D eigenvalue weighted by Crippen LogP contribution is -2.61. The summed E-state index contributed by atoms with van der Waals surface area (Å²) in [5.41, 5.74) is 2.39. The highest BCUT2D eigenvalue weighted by Gasteiger charge is 2.50. The summed E-state index contributed by atoms with van der Waals surface area (Å²) in [5, 5.41) is 16.2. The van der Waals surface area contributed by atoms with Crippen molar-refractivity contribution in [2.75, 3.05) is 6.61 Å². The fourth-order valence-corrected chi connectivity index (χ4v) is 4.78. The van der Waals surface area contributed by atoms with Gasteiger partial charge < -0.3 is 20.5 Å². The highest BCUT2D eigenvalue weighted by Crippen LogP contribution is 2.48. The van der Waals surface area contributed by atoms with Crippen molar-refractivity contribution < 1.29 is 28.2 Å². The Labute approximate surface area is 216 Å². The van der Waals surface area contributed by atoms with Crippen LogP contribution in [0.2, 0.25) is 5.02 Å². The SMILES string of the molecule is O=C(COc1ccc(Cl)c(F)c1)NC1=C2CC(NC(=O)c3ccc(-c4ccc(F)cc4)cn3)(C2)CC1O. The maximum Gasteiger partial charge on any atom is 0.270 e. The first-order chi connectivity index (χ1) is 17.7. The van der Waals surface area contributed by atoms with Crippen LogP contribution in [0.4, 0.5) is 8.78 Å². The number of carbonyl (C=O) groups excluding carboxylic acids is 2. The van der Waals surface area contributed by atoms with E-state index in [9.17, 15) is 23.5 Å². The molecule has 2 bridgehead atoms. The van der Waals surface area contributed by atoms with Gasteiger partial charge >= 0.3 is 0 Å². The largest absolute Gasteiger partial charge is 0.484 e. The number of benzene rings is 2. The molecule has 1 fully saturated rings. The molecule has 0 saturated heterocycles. The van der Waals surface area contributed by atoms with E-state index in [4.69, 9.17) is 16.3 Å². The van der Waals surface area contributed by atoms with E-state index in [1.165, 1.54) is 24.3 Å². The average Bonchev–Trinajstić information content (AvgIpc) is 2.86. The molecule has 190 valence electrons. The molecule has 3 aliphatic rings. The smallest absolute Gasteiger partial charge is 0.270 e. The van der Waals surface area contributed by atoms with Gasteiger partial charge in [0.15, 0.2) is 6.61 Å². The van der Waals surface area contributed by atoms with Crippen LogP contribution in [0.15, 0.2) is 72.1 Å². The lowest BCUT2D eigenvalue weighted by Gasteiger charge is -2.51. The van der Waals surface area contributed by atoms with Crippen LogP contribution >= 0.6 is 11.6 Å². The van der Waals surface area contributed by atoms with E-state index < -0.39 is 23.4 Å². The number of hydrogen-bond donors (Lipinski definition) is 3. The number of pyridine rings is 1. The van der Waals surface area contributed by atoms with Crippen LogP contribution < -0.4 is 15.4 Å². The van der Waals surface area contributed by atoms with Gasteiger partial charge in [-0.2, -0.15) is 0 Å². The molecule has 1 aromatic heterocycles. The highest BCUT2D eigenvalue weighted by molar-refractivity contribution is 6.30. The predicted octanol–water partition coefficient (Wildman–Crippen LogP) is 4.16. The van der Waals surface area contributed by atoms with Crippen molar-refractivity contribution in [2.45, 2.75) is 30.9 Å². The van der Waals surface area contributed by atoms with Crippen molar-refractivity contribution in [3.63, 3.8) is 0 Å². The summed E-state index contributed by atoms with van der Waals surface area (Å²) in [6, 6.07) is 13.2. The highest BCUT2D eigenvalue weighted by atomic mass is 35.5. The Morgan fingerprint density at radius 2 is 1.81 bits per heavy atom. The van der Waals surface area contributed by atoms with Crippen LogP contribution in [-0.2, 0) is 4.79 Å². The topological polar surface area (TPSA) is 101 Å². The first kappa shape index (κ1) is 24.9. The molecule has 6 rings (SSSR count). The van der Waals surface area contributed by atoms with Gasteiger partial charge in [-0.05, 0) is 54.3 Å². The second-order valence-corrected chi connectivity index (χ2v) is 9.58. The first-order valence-corrected chi connectivity index (χ1v) is 11.9. The molecule has 1 saturated carbocycles. The summed E-state index contributed by atoms with van der Waals surface area (Å²) in [4.78, 5) is 29.4. The molecule has 1 unspecified atom stereocenters. The number of aromatic nitrogens is 1. The third-order valence-corrected chi connectivity index (χ3v) is 6.80. The second-order valence-electron chi connectivity index (χ2n) is 9.18. The van der Waals surface area contributed by atoms with Gasteiger partial charge in [0.05, 0.1) is 16.7 Å². The number of nitrogens with zero attached hydrogens (tertiary/aromatic N) is 1. The van der Waals surface area contributed by atoms with Gasteiger partial charge in [0, 0.05) is 29.9 Å². The zero-order valence-electron chi connectivity index (χ0n) is 19.4. The maximum atomic E-state index is 13.5. The normalized spacial score (nSPS) is 20.2. The number of rotatable bonds is 7. The van der Waals surface area contributed by atoms with Gasteiger partial charge in [-0.25, -0.2) is 8.78 Å². The van der Waals surface area contributed by atoms with Crippen LogP contribution in [0.25, 0.3) is 11.1 Å². The lowest BCUT2D eigenvalue weighted by molar-refractivity contribution is -0.123. The number of fused-ring (bicyclic) bond motifs is 2. The molecular formula is C27H22ClF2N3O4. The Morgan fingerprint density at radius 3 is 2.46 bits per heavy atom. The Kier molecular flexibility index (Phi) is 6.66. The van der Waals surface area contributed by atoms with Crippen molar-refractivity contribution in [3.8, 4) is 16.9 Å². The quantitative estimate of drug-likeness (QED) is 0.430. The van der Waals surface area contributed by atoms with E-state index in [0.717, 1.165) is 22.8 Å². The standard InChI is InChI=1S/C27H22ClF2N3O4/c28-20-7-6-19(9-21(20)30)37-14-24(35)32-25-17-10-27(11-17,12-23(25)34)33-26(36)22-8-3-16(13-31-22)15-1-4-18(29)5-2-15/h1-9,13,23,34H,10-12,14H2,(H,32,35)(H,33,36). The van der Waals surface area contributed by atoms with Crippen molar-refractivity contribution in [1.29, 1.82) is 0 Å². The summed E-state index contributed by atoms with van der Waals surface area (Å²) < 4.78 is 32.0. The van der Waals surface area contributed by atoms with E-state index in [0.29, 0.717) is 18.5 Å². The summed E-state index contributed by atoms with van der Waals surface area (Å²) in [6.45, 7) is -0.369. The summed E-state index contributed by atoms with van der Waals surface area (Å²) in [6.07, 6.45) is 1.79. The molecular weight excluding hydrogens is 504 g/mol. The fourth-order valence-electron chi connectivity index (χ4n) is 4.67. The molecule has 7 nitrogen and oxygen atoms in total. The predicted molar refractivity (Wildman–Crippen MR) is 132 cm³/mol. The summed E-state index contributed by atoms with van der Waals surface area (Å²) >= 11 is 5.64. The summed E-state index contributed by atoms with van der Waals surface area (Å²) in [7, 11) is 0. The number of halogens is 3. The minimum Gasteiger partial charge on any atom is -0.484 e. The molecule has 2 amide bonds. The van der Waals surface area contributed by atoms with E-state index in [-0.39, 0.29) is 41.2 Å². The molecule has 10 heteroatoms. The van der Waals surface area contributed by atoms with Gasteiger partial charge in [0.1, 0.15) is 23.1 Å². The molecule has 1 atom stereocenters. The molecule has 1 heterocycles. The van der Waals surface area contributed by atoms with E-state index in [1.54, 1.807) is 30.5 Å². The third kappa shape index (κ3) is 5.33. The number of aliphatic hydroxyl groups is 1. The van der Waals surface area contributed by atoms with Crippen molar-refractivity contribution in [3.05, 3.63) is 94.4 Å². The van der Waals surface area contributed by atoms with Crippen LogP contribution in [0.5, 0.6) is 5.75 Å². The van der Waals surface area contributed by atoms with Crippen LogP contribution in [0.3, 0.4) is 0 Å². The Morgan fingerprint density at radius 1 is 1.08 bits per heavy atom. The zero-order valence-corrected chi connectivity index (χ0v) is 20.2. The van der Waals surface area contributed by atoms with Crippen LogP contribution in [0, 0.1) is 11.6 Å². The number of hydrogen-bond acceptors (Lipinski definition) is 5. The first-order valence-electron chi connectivity index (χ1n) is 11.5. The summed E-state index contributed by atoms with van der Waals surface area (Å²) in [5.74, 6) is -1.69. The molecule has 2 aromatic carbocycles. The van der Waals surface area contributed by atoms with Gasteiger partial charge in [0.25, 0.3) is 11.8 Å². The number of aliphatic hydroxyl groups excluding tert-OH is 1. The van der Waals surface area contributed by atoms with E-state index in [1.807, 2.05) is 0 Å². The lowest BCUT2D eigenvalue weighted by atomic mass is 9.63. The third-order valence-electron chi connectivity index (χ3n) is 6.49. The molecule has 3 N–H and O–H groups in total. The fraction of sp³-hybridized carbons (Fsp3) is 0.222. The maximum absolute atomic E-state index is 13.5. The monoisotopic (exact) mass is 525 g/mol. The minimum absolute atomic E-state index is 0.0487. The van der Waals surface area contributed by atoms with E-state index >= 15 is 0 Å². The Balaban J connectivity index is 1.17. The average molecular weight is 526 g/mol.